The molecule has 0 radical (unpaired) electrons. The van der Waals surface area contributed by atoms with Crippen molar-refractivity contribution in [1.29, 1.82) is 0 Å². The maximum Gasteiger partial charge on any atom is 0.256 e. The molecule has 4 heterocycles. The minimum Gasteiger partial charge on any atom is -0.497 e. The minimum absolute atomic E-state index is 0.0426. The highest BCUT2D eigenvalue weighted by atomic mass is 32.2. The van der Waals surface area contributed by atoms with Crippen LogP contribution in [0.2, 0.25) is 0 Å². The van der Waals surface area contributed by atoms with Gasteiger partial charge >= 0.3 is 0 Å². The molecular formula is C25H26N4O3S. The van der Waals surface area contributed by atoms with Crippen molar-refractivity contribution in [1.82, 2.24) is 20.0 Å². The third-order valence-electron chi connectivity index (χ3n) is 6.18. The Kier molecular flexibility index (Phi) is 6.09. The molecule has 3 aromatic heterocycles. The van der Waals surface area contributed by atoms with E-state index in [0.717, 1.165) is 53.7 Å². The van der Waals surface area contributed by atoms with Crippen LogP contribution in [0.5, 0.6) is 5.75 Å². The maximum atomic E-state index is 13.3. The first-order valence-corrected chi connectivity index (χ1v) is 12.0. The Hall–Kier alpha value is -3.26. The van der Waals surface area contributed by atoms with E-state index in [-0.39, 0.29) is 5.91 Å². The monoisotopic (exact) mass is 462 g/mol. The van der Waals surface area contributed by atoms with Crippen molar-refractivity contribution in [2.75, 3.05) is 20.2 Å². The molecule has 1 N–H and O–H groups in total. The molecule has 4 aromatic rings. The van der Waals surface area contributed by atoms with E-state index in [1.165, 1.54) is 22.7 Å². The quantitative estimate of drug-likeness (QED) is 0.398. The lowest BCUT2D eigenvalue weighted by atomic mass is 9.89. The highest BCUT2D eigenvalue weighted by Crippen LogP contribution is 2.35. The fraction of sp³-hybridized carbons (Fsp3) is 0.320. The second-order valence-electron chi connectivity index (χ2n) is 8.30. The van der Waals surface area contributed by atoms with E-state index < -0.39 is 0 Å². The number of H-pyrrole nitrogens is 1. The van der Waals surface area contributed by atoms with E-state index >= 15 is 0 Å². The molecule has 0 spiro atoms. The number of pyridine rings is 1. The number of benzene rings is 1. The van der Waals surface area contributed by atoms with Crippen molar-refractivity contribution in [3.63, 3.8) is 0 Å². The zero-order chi connectivity index (χ0) is 22.8. The number of hydrogen-bond acceptors (Lipinski definition) is 6. The lowest BCUT2D eigenvalue weighted by Crippen LogP contribution is -2.38. The Labute approximate surface area is 196 Å². The van der Waals surface area contributed by atoms with E-state index in [9.17, 15) is 4.79 Å². The van der Waals surface area contributed by atoms with Crippen molar-refractivity contribution in [3.05, 3.63) is 71.4 Å². The summed E-state index contributed by atoms with van der Waals surface area (Å²) < 4.78 is 10.5. The van der Waals surface area contributed by atoms with Crippen molar-refractivity contribution in [2.45, 2.75) is 36.5 Å². The standard InChI is InChI=1S/C25H26N4O3S/c1-16-12-18(28-32-16)15-33-24-20(4-3-9-26-24)25(30)29-10-7-17(8-11-29)22-14-27-23-6-5-19(31-2)13-21(22)23/h3-6,9,12-14,17,27H,7-8,10-11,15H2,1-2H3. The lowest BCUT2D eigenvalue weighted by Gasteiger charge is -2.32. The molecule has 33 heavy (non-hydrogen) atoms. The molecule has 0 aliphatic carbocycles. The topological polar surface area (TPSA) is 84.2 Å². The second kappa shape index (κ2) is 9.31. The molecule has 0 unspecified atom stereocenters. The summed E-state index contributed by atoms with van der Waals surface area (Å²) in [7, 11) is 1.69. The van der Waals surface area contributed by atoms with Crippen molar-refractivity contribution in [3.8, 4) is 5.75 Å². The number of nitrogens with one attached hydrogen (secondary N) is 1. The van der Waals surface area contributed by atoms with Crippen LogP contribution in [0.25, 0.3) is 10.9 Å². The number of amides is 1. The Morgan fingerprint density at radius 3 is 2.88 bits per heavy atom. The smallest absolute Gasteiger partial charge is 0.256 e. The number of nitrogens with zero attached hydrogens (tertiary/aromatic N) is 3. The van der Waals surface area contributed by atoms with Crippen molar-refractivity contribution >= 4 is 28.6 Å². The molecule has 1 aliphatic rings. The average molecular weight is 463 g/mol. The first-order chi connectivity index (χ1) is 16.1. The Balaban J connectivity index is 1.27. The summed E-state index contributed by atoms with van der Waals surface area (Å²) in [6.07, 6.45) is 5.69. The molecule has 7 nitrogen and oxygen atoms in total. The number of carbonyl (C=O) groups is 1. The third kappa shape index (κ3) is 4.48. The molecule has 1 amide bonds. The van der Waals surface area contributed by atoms with Gasteiger partial charge in [0.15, 0.2) is 0 Å². The van der Waals surface area contributed by atoms with Gasteiger partial charge < -0.3 is 19.1 Å². The Morgan fingerprint density at radius 1 is 1.27 bits per heavy atom. The van der Waals surface area contributed by atoms with E-state index in [1.807, 2.05) is 36.1 Å². The number of likely N-dealkylation sites (tertiary alicyclic amines) is 1. The number of aromatic amines is 1. The maximum absolute atomic E-state index is 13.3. The van der Waals surface area contributed by atoms with Gasteiger partial charge in [0, 0.05) is 48.2 Å². The molecule has 0 saturated carbocycles. The number of hydrogen-bond donors (Lipinski definition) is 1. The number of aromatic nitrogens is 3. The predicted octanol–water partition coefficient (Wildman–Crippen LogP) is 5.18. The Morgan fingerprint density at radius 2 is 2.12 bits per heavy atom. The first kappa shape index (κ1) is 21.6. The van der Waals surface area contributed by atoms with Gasteiger partial charge in [-0.15, -0.1) is 0 Å². The summed E-state index contributed by atoms with van der Waals surface area (Å²) in [5.74, 6) is 2.70. The van der Waals surface area contributed by atoms with Crippen LogP contribution in [-0.2, 0) is 5.75 Å². The molecule has 1 aliphatic heterocycles. The van der Waals surface area contributed by atoms with E-state index in [4.69, 9.17) is 9.26 Å². The zero-order valence-electron chi connectivity index (χ0n) is 18.7. The van der Waals surface area contributed by atoms with Crippen LogP contribution >= 0.6 is 11.8 Å². The zero-order valence-corrected chi connectivity index (χ0v) is 19.5. The molecule has 1 fully saturated rings. The van der Waals surface area contributed by atoms with Crippen molar-refractivity contribution < 1.29 is 14.1 Å². The molecule has 1 saturated heterocycles. The summed E-state index contributed by atoms with van der Waals surface area (Å²) in [6.45, 7) is 3.32. The molecular weight excluding hydrogens is 436 g/mol. The largest absolute Gasteiger partial charge is 0.497 e. The summed E-state index contributed by atoms with van der Waals surface area (Å²) in [5.41, 5.74) is 3.91. The normalized spacial score (nSPS) is 14.7. The first-order valence-electron chi connectivity index (χ1n) is 11.1. The van der Waals surface area contributed by atoms with E-state index in [0.29, 0.717) is 17.2 Å². The Bertz CT molecular complexity index is 1270. The van der Waals surface area contributed by atoms with Crippen LogP contribution in [0.4, 0.5) is 0 Å². The van der Waals surface area contributed by atoms with Gasteiger partial charge in [0.05, 0.1) is 18.4 Å². The number of piperidine rings is 1. The van der Waals surface area contributed by atoms with Crippen LogP contribution in [0.15, 0.2) is 58.3 Å². The summed E-state index contributed by atoms with van der Waals surface area (Å²) in [6, 6.07) is 11.7. The van der Waals surface area contributed by atoms with Crippen molar-refractivity contribution in [2.24, 2.45) is 0 Å². The number of aryl methyl sites for hydroxylation is 1. The summed E-state index contributed by atoms with van der Waals surface area (Å²) in [4.78, 5) is 23.1. The number of carbonyl (C=O) groups excluding carboxylic acids is 1. The molecule has 5 rings (SSSR count). The fourth-order valence-electron chi connectivity index (χ4n) is 4.45. The third-order valence-corrected chi connectivity index (χ3v) is 7.22. The highest BCUT2D eigenvalue weighted by molar-refractivity contribution is 7.98. The SMILES string of the molecule is COc1ccc2[nH]cc(C3CCN(C(=O)c4cccnc4SCc4cc(C)on4)CC3)c2c1. The van der Waals surface area contributed by atoms with Crippen LogP contribution in [0.3, 0.4) is 0 Å². The molecule has 1 aromatic carbocycles. The van der Waals surface area contributed by atoms with Gasteiger partial charge in [0.25, 0.3) is 5.91 Å². The van der Waals surface area contributed by atoms with Crippen LogP contribution in [-0.4, -0.2) is 46.1 Å². The second-order valence-corrected chi connectivity index (χ2v) is 9.26. The van der Waals surface area contributed by atoms with Gasteiger partial charge in [0.2, 0.25) is 0 Å². The molecule has 170 valence electrons. The van der Waals surface area contributed by atoms with Gasteiger partial charge in [-0.2, -0.15) is 0 Å². The lowest BCUT2D eigenvalue weighted by molar-refractivity contribution is 0.0709. The van der Waals surface area contributed by atoms with Gasteiger partial charge in [-0.3, -0.25) is 4.79 Å². The van der Waals surface area contributed by atoms with Gasteiger partial charge in [-0.25, -0.2) is 4.98 Å². The highest BCUT2D eigenvalue weighted by Gasteiger charge is 2.27. The number of thioether (sulfide) groups is 1. The van der Waals surface area contributed by atoms with Crippen LogP contribution in [0, 0.1) is 6.92 Å². The molecule has 8 heteroatoms. The fourth-order valence-corrected chi connectivity index (χ4v) is 5.31. The van der Waals surface area contributed by atoms with Gasteiger partial charge in [-0.05, 0) is 61.6 Å². The van der Waals surface area contributed by atoms with Gasteiger partial charge in [-0.1, -0.05) is 16.9 Å². The van der Waals surface area contributed by atoms with E-state index in [2.05, 4.69) is 33.5 Å². The number of methoxy groups -OCH3 is 1. The predicted molar refractivity (Wildman–Crippen MR) is 128 cm³/mol. The van der Waals surface area contributed by atoms with E-state index in [1.54, 1.807) is 13.3 Å². The minimum atomic E-state index is 0.0426. The summed E-state index contributed by atoms with van der Waals surface area (Å²) in [5, 5.41) is 5.96. The average Bonchev–Trinajstić information content (AvgIpc) is 3.48. The van der Waals surface area contributed by atoms with Gasteiger partial charge in [0.1, 0.15) is 16.5 Å². The van der Waals surface area contributed by atoms with Crippen LogP contribution in [0.1, 0.15) is 46.1 Å². The molecule has 0 bridgehead atoms. The molecule has 0 atom stereocenters. The number of fused-ring (bicyclic) bond motifs is 1. The summed E-state index contributed by atoms with van der Waals surface area (Å²) >= 11 is 1.51. The van der Waals surface area contributed by atoms with Crippen LogP contribution < -0.4 is 4.74 Å². The number of ether oxygens (including phenoxy) is 1. The number of rotatable bonds is 6.